The normalized spacial score (nSPS) is 19.7. The van der Waals surface area contributed by atoms with Crippen molar-refractivity contribution in [2.24, 2.45) is 4.99 Å². The average molecular weight is 396 g/mol. The first-order valence-electron chi connectivity index (χ1n) is 9.41. The summed E-state index contributed by atoms with van der Waals surface area (Å²) < 4.78 is 14.7. The number of anilines is 1. The van der Waals surface area contributed by atoms with E-state index in [9.17, 15) is 9.18 Å². The predicted octanol–water partition coefficient (Wildman–Crippen LogP) is 4.93. The number of hydrogen-bond acceptors (Lipinski definition) is 4. The van der Waals surface area contributed by atoms with E-state index in [1.54, 1.807) is 6.08 Å². The zero-order valence-corrected chi connectivity index (χ0v) is 16.8. The van der Waals surface area contributed by atoms with E-state index in [4.69, 9.17) is 0 Å². The molecule has 2 aromatic rings. The van der Waals surface area contributed by atoms with Crippen LogP contribution in [-0.4, -0.2) is 24.2 Å². The third-order valence-corrected chi connectivity index (χ3v) is 5.97. The Bertz CT molecular complexity index is 993. The van der Waals surface area contributed by atoms with Crippen molar-refractivity contribution >= 4 is 40.3 Å². The van der Waals surface area contributed by atoms with E-state index in [2.05, 4.69) is 15.2 Å². The number of aryl methyl sites for hydroxylation is 2. The molecule has 4 rings (SSSR count). The van der Waals surface area contributed by atoms with Crippen molar-refractivity contribution in [3.05, 3.63) is 63.8 Å². The van der Waals surface area contributed by atoms with Crippen molar-refractivity contribution in [2.75, 3.05) is 18.0 Å². The van der Waals surface area contributed by atoms with Gasteiger partial charge in [-0.1, -0.05) is 18.2 Å². The molecule has 2 aliphatic rings. The van der Waals surface area contributed by atoms with Gasteiger partial charge in [0.05, 0.1) is 16.3 Å². The first kappa shape index (κ1) is 18.7. The summed E-state index contributed by atoms with van der Waals surface area (Å²) in [6.45, 7) is 5.72. The Balaban J connectivity index is 1.60. The largest absolute Gasteiger partial charge is 0.369 e. The molecular weight excluding hydrogens is 373 g/mol. The molecule has 0 unspecified atom stereocenters. The van der Waals surface area contributed by atoms with Gasteiger partial charge in [-0.15, -0.1) is 0 Å². The summed E-state index contributed by atoms with van der Waals surface area (Å²) in [7, 11) is 0. The van der Waals surface area contributed by atoms with E-state index in [0.717, 1.165) is 48.3 Å². The maximum atomic E-state index is 14.7. The summed E-state index contributed by atoms with van der Waals surface area (Å²) in [5.74, 6) is -0.447. The zero-order valence-electron chi connectivity index (χ0n) is 16.0. The highest BCUT2D eigenvalue weighted by Gasteiger charge is 2.25. The third-order valence-electron chi connectivity index (χ3n) is 5.06. The van der Waals surface area contributed by atoms with Gasteiger partial charge in [0.25, 0.3) is 5.91 Å². The SMILES string of the molecule is Cc1cc(N2CCCC2)c(F)cc1/C=C1\SC(=Nc2ccccc2C)NC1=O. The molecule has 2 aromatic carbocycles. The van der Waals surface area contributed by atoms with Crippen LogP contribution in [-0.2, 0) is 4.79 Å². The molecule has 1 amide bonds. The molecule has 2 aliphatic heterocycles. The number of nitrogens with one attached hydrogen (secondary N) is 1. The Hall–Kier alpha value is -2.60. The highest BCUT2D eigenvalue weighted by Crippen LogP contribution is 2.32. The second-order valence-electron chi connectivity index (χ2n) is 7.12. The number of nitrogens with zero attached hydrogens (tertiary/aromatic N) is 2. The van der Waals surface area contributed by atoms with Gasteiger partial charge < -0.3 is 10.2 Å². The van der Waals surface area contributed by atoms with Gasteiger partial charge >= 0.3 is 0 Å². The van der Waals surface area contributed by atoms with Crippen molar-refractivity contribution in [1.82, 2.24) is 5.32 Å². The first-order valence-corrected chi connectivity index (χ1v) is 10.2. The fourth-order valence-electron chi connectivity index (χ4n) is 3.46. The molecule has 2 fully saturated rings. The highest BCUT2D eigenvalue weighted by molar-refractivity contribution is 8.18. The minimum absolute atomic E-state index is 0.208. The number of aliphatic imine (C=N–C) groups is 1. The van der Waals surface area contributed by atoms with Crippen molar-refractivity contribution in [3.63, 3.8) is 0 Å². The molecule has 0 aromatic heterocycles. The second kappa shape index (κ2) is 7.80. The summed E-state index contributed by atoms with van der Waals surface area (Å²) in [5.41, 5.74) is 4.19. The molecule has 4 nitrogen and oxygen atoms in total. The van der Waals surface area contributed by atoms with Gasteiger partial charge in [-0.3, -0.25) is 4.79 Å². The van der Waals surface area contributed by atoms with Gasteiger partial charge in [0.15, 0.2) is 5.17 Å². The molecule has 0 radical (unpaired) electrons. The van der Waals surface area contributed by atoms with Crippen molar-refractivity contribution < 1.29 is 9.18 Å². The van der Waals surface area contributed by atoms with Crippen LogP contribution in [0.3, 0.4) is 0 Å². The number of halogens is 1. The van der Waals surface area contributed by atoms with Crippen molar-refractivity contribution in [2.45, 2.75) is 26.7 Å². The lowest BCUT2D eigenvalue weighted by Gasteiger charge is -2.19. The predicted molar refractivity (Wildman–Crippen MR) is 115 cm³/mol. The average Bonchev–Trinajstić information content (AvgIpc) is 3.30. The molecule has 0 bridgehead atoms. The molecule has 1 N–H and O–H groups in total. The smallest absolute Gasteiger partial charge is 0.264 e. The molecule has 6 heteroatoms. The van der Waals surface area contributed by atoms with Gasteiger partial charge in [-0.25, -0.2) is 9.38 Å². The minimum Gasteiger partial charge on any atom is -0.369 e. The maximum absolute atomic E-state index is 14.7. The Morgan fingerprint density at radius 3 is 2.64 bits per heavy atom. The number of benzene rings is 2. The van der Waals surface area contributed by atoms with Crippen molar-refractivity contribution in [1.29, 1.82) is 0 Å². The number of carbonyl (C=O) groups excluding carboxylic acids is 1. The molecule has 28 heavy (non-hydrogen) atoms. The van der Waals surface area contributed by atoms with Crippen LogP contribution in [0.15, 0.2) is 46.3 Å². The molecule has 0 aliphatic carbocycles. The van der Waals surface area contributed by atoms with Crippen LogP contribution in [0.1, 0.15) is 29.5 Å². The summed E-state index contributed by atoms with van der Waals surface area (Å²) in [5, 5.41) is 3.33. The number of hydrogen-bond donors (Lipinski definition) is 1. The van der Waals surface area contributed by atoms with E-state index in [-0.39, 0.29) is 11.7 Å². The summed E-state index contributed by atoms with van der Waals surface area (Å²) in [6.07, 6.45) is 3.95. The fraction of sp³-hybridized carbons (Fsp3) is 0.273. The third kappa shape index (κ3) is 3.83. The highest BCUT2D eigenvalue weighted by atomic mass is 32.2. The van der Waals surface area contributed by atoms with Crippen molar-refractivity contribution in [3.8, 4) is 0 Å². The first-order chi connectivity index (χ1) is 13.5. The fourth-order valence-corrected chi connectivity index (χ4v) is 4.28. The molecular formula is C22H22FN3OS. The Morgan fingerprint density at radius 2 is 1.89 bits per heavy atom. The number of amides is 1. The minimum atomic E-state index is -0.239. The molecule has 0 spiro atoms. The van der Waals surface area contributed by atoms with Crippen LogP contribution >= 0.6 is 11.8 Å². The lowest BCUT2D eigenvalue weighted by atomic mass is 10.1. The van der Waals surface area contributed by atoms with E-state index in [1.807, 2.05) is 44.2 Å². The monoisotopic (exact) mass is 395 g/mol. The van der Waals surface area contributed by atoms with E-state index >= 15 is 0 Å². The maximum Gasteiger partial charge on any atom is 0.264 e. The van der Waals surface area contributed by atoms with Crippen LogP contribution in [0.4, 0.5) is 15.8 Å². The Kier molecular flexibility index (Phi) is 5.22. The number of amidine groups is 1. The molecule has 0 atom stereocenters. The van der Waals surface area contributed by atoms with E-state index < -0.39 is 0 Å². The van der Waals surface area contributed by atoms with Crippen LogP contribution in [0.5, 0.6) is 0 Å². The van der Waals surface area contributed by atoms with Gasteiger partial charge in [0.1, 0.15) is 5.82 Å². The number of para-hydroxylation sites is 1. The number of carbonyl (C=O) groups is 1. The number of thioether (sulfide) groups is 1. The molecule has 2 saturated heterocycles. The van der Waals surface area contributed by atoms with E-state index in [1.165, 1.54) is 17.8 Å². The quantitative estimate of drug-likeness (QED) is 0.749. The van der Waals surface area contributed by atoms with Gasteiger partial charge in [0.2, 0.25) is 0 Å². The zero-order chi connectivity index (χ0) is 19.7. The topological polar surface area (TPSA) is 44.7 Å². The van der Waals surface area contributed by atoms with Crippen LogP contribution in [0.2, 0.25) is 0 Å². The van der Waals surface area contributed by atoms with Crippen LogP contribution in [0.25, 0.3) is 6.08 Å². The standard InChI is InChI=1S/C22H22FN3OS/c1-14-7-3-4-8-18(14)24-22-25-21(27)20(28-22)13-16-12-17(23)19(11-15(16)2)26-9-5-6-10-26/h3-4,7-8,11-13H,5-6,9-10H2,1-2H3,(H,24,25,27)/b20-13-. The summed E-state index contributed by atoms with van der Waals surface area (Å²) in [6, 6.07) is 11.2. The lowest BCUT2D eigenvalue weighted by molar-refractivity contribution is -0.115. The van der Waals surface area contributed by atoms with Gasteiger partial charge in [0, 0.05) is 13.1 Å². The molecule has 144 valence electrons. The van der Waals surface area contributed by atoms with Gasteiger partial charge in [-0.2, -0.15) is 0 Å². The van der Waals surface area contributed by atoms with Gasteiger partial charge in [-0.05, 0) is 79.4 Å². The van der Waals surface area contributed by atoms with E-state index in [0.29, 0.717) is 15.8 Å². The second-order valence-corrected chi connectivity index (χ2v) is 8.15. The summed E-state index contributed by atoms with van der Waals surface area (Å²) in [4.78, 5) is 19.5. The van der Waals surface area contributed by atoms with Crippen LogP contribution in [0, 0.1) is 19.7 Å². The molecule has 2 heterocycles. The summed E-state index contributed by atoms with van der Waals surface area (Å²) >= 11 is 1.28. The lowest BCUT2D eigenvalue weighted by Crippen LogP contribution is -2.19. The molecule has 0 saturated carbocycles. The Morgan fingerprint density at radius 1 is 1.14 bits per heavy atom. The Labute approximate surface area is 168 Å². The number of rotatable bonds is 3. The van der Waals surface area contributed by atoms with Crippen LogP contribution < -0.4 is 10.2 Å².